The first-order chi connectivity index (χ1) is 5.11. The van der Waals surface area contributed by atoms with Gasteiger partial charge in [0, 0.05) is 13.0 Å². The summed E-state index contributed by atoms with van der Waals surface area (Å²) in [6, 6.07) is 0.322. The van der Waals surface area contributed by atoms with E-state index in [-0.39, 0.29) is 5.91 Å². The van der Waals surface area contributed by atoms with Crippen molar-refractivity contribution >= 4 is 5.91 Å². The van der Waals surface area contributed by atoms with Gasteiger partial charge in [-0.05, 0) is 12.8 Å². The molecule has 0 bridgehead atoms. The van der Waals surface area contributed by atoms with E-state index < -0.39 is 0 Å². The van der Waals surface area contributed by atoms with Gasteiger partial charge in [-0.2, -0.15) is 0 Å². The highest BCUT2D eigenvalue weighted by atomic mass is 16.1. The van der Waals surface area contributed by atoms with Crippen molar-refractivity contribution in [1.82, 2.24) is 5.32 Å². The van der Waals surface area contributed by atoms with Crippen molar-refractivity contribution in [3.8, 4) is 0 Å². The monoisotopic (exact) mass is 157 g/mol. The molecular weight excluding hydrogens is 138 g/mol. The van der Waals surface area contributed by atoms with E-state index in [1.54, 1.807) is 6.92 Å². The maximum Gasteiger partial charge on any atom is 0.217 e. The fourth-order valence-electron chi connectivity index (χ4n) is 1.43. The van der Waals surface area contributed by atoms with E-state index in [9.17, 15) is 4.79 Å². The first-order valence-corrected chi connectivity index (χ1v) is 4.38. The fourth-order valence-corrected chi connectivity index (χ4v) is 1.43. The van der Waals surface area contributed by atoms with Gasteiger partial charge in [0.15, 0.2) is 0 Å². The lowest BCUT2D eigenvalue weighted by molar-refractivity contribution is -0.119. The van der Waals surface area contributed by atoms with Gasteiger partial charge in [-0.15, -0.1) is 0 Å². The zero-order chi connectivity index (χ0) is 8.85. The largest absolute Gasteiger partial charge is 0.354 e. The van der Waals surface area contributed by atoms with Crippen LogP contribution in [0, 0.1) is 5.92 Å². The van der Waals surface area contributed by atoms with Gasteiger partial charge < -0.3 is 5.32 Å². The normalized spacial score (nSPS) is 13.2. The molecule has 2 nitrogen and oxygen atoms in total. The lowest BCUT2D eigenvalue weighted by atomic mass is 9.95. The van der Waals surface area contributed by atoms with Crippen LogP contribution < -0.4 is 5.32 Å². The summed E-state index contributed by atoms with van der Waals surface area (Å²) in [5.74, 6) is 0.698. The van der Waals surface area contributed by atoms with Gasteiger partial charge in [-0.1, -0.05) is 26.7 Å². The summed E-state index contributed by atoms with van der Waals surface area (Å²) in [5.41, 5.74) is 0. The Balaban J connectivity index is 3.78. The Kier molecular flexibility index (Phi) is 4.92. The number of carbonyl (C=O) groups excluding carboxylic acids is 1. The topological polar surface area (TPSA) is 29.1 Å². The average Bonchev–Trinajstić information content (AvgIpc) is 1.88. The Morgan fingerprint density at radius 2 is 1.82 bits per heavy atom. The van der Waals surface area contributed by atoms with Crippen LogP contribution in [-0.2, 0) is 4.79 Å². The van der Waals surface area contributed by atoms with Crippen molar-refractivity contribution in [3.63, 3.8) is 0 Å². The summed E-state index contributed by atoms with van der Waals surface area (Å²) in [5, 5.41) is 2.91. The van der Waals surface area contributed by atoms with Crippen LogP contribution in [0.15, 0.2) is 0 Å². The van der Waals surface area contributed by atoms with Crippen LogP contribution in [-0.4, -0.2) is 11.9 Å². The zero-order valence-corrected chi connectivity index (χ0v) is 7.98. The molecule has 1 N–H and O–H groups in total. The third-order valence-electron chi connectivity index (χ3n) is 2.19. The SMILES string of the molecule is CCC(CC)C(C)NC(C)=O. The van der Waals surface area contributed by atoms with E-state index in [1.807, 2.05) is 0 Å². The average molecular weight is 157 g/mol. The highest BCUT2D eigenvalue weighted by Crippen LogP contribution is 2.11. The molecule has 11 heavy (non-hydrogen) atoms. The van der Waals surface area contributed by atoms with Gasteiger partial charge >= 0.3 is 0 Å². The van der Waals surface area contributed by atoms with Gasteiger partial charge in [0.05, 0.1) is 0 Å². The maximum absolute atomic E-state index is 10.7. The number of nitrogens with one attached hydrogen (secondary N) is 1. The molecule has 0 aliphatic carbocycles. The molecule has 0 fully saturated rings. The Hall–Kier alpha value is -0.530. The molecule has 0 saturated carbocycles. The second-order valence-electron chi connectivity index (χ2n) is 3.07. The highest BCUT2D eigenvalue weighted by Gasteiger charge is 2.13. The van der Waals surface area contributed by atoms with Crippen molar-refractivity contribution < 1.29 is 4.79 Å². The smallest absolute Gasteiger partial charge is 0.217 e. The lowest BCUT2D eigenvalue weighted by Crippen LogP contribution is -2.36. The molecule has 0 aromatic heterocycles. The molecule has 0 aromatic rings. The van der Waals surface area contributed by atoms with E-state index in [2.05, 4.69) is 26.1 Å². The summed E-state index contributed by atoms with van der Waals surface area (Å²) in [4.78, 5) is 10.7. The van der Waals surface area contributed by atoms with Crippen molar-refractivity contribution in [2.24, 2.45) is 5.92 Å². The summed E-state index contributed by atoms with van der Waals surface area (Å²) in [7, 11) is 0. The molecule has 1 amide bonds. The van der Waals surface area contributed by atoms with Crippen LogP contribution in [0.25, 0.3) is 0 Å². The van der Waals surface area contributed by atoms with Gasteiger partial charge in [0.2, 0.25) is 5.91 Å². The van der Waals surface area contributed by atoms with E-state index in [0.29, 0.717) is 12.0 Å². The molecule has 1 unspecified atom stereocenters. The summed E-state index contributed by atoms with van der Waals surface area (Å²) < 4.78 is 0. The van der Waals surface area contributed by atoms with Crippen LogP contribution in [0.5, 0.6) is 0 Å². The van der Waals surface area contributed by atoms with Crippen molar-refractivity contribution in [2.75, 3.05) is 0 Å². The van der Waals surface area contributed by atoms with Gasteiger partial charge in [-0.3, -0.25) is 4.79 Å². The second-order valence-corrected chi connectivity index (χ2v) is 3.07. The summed E-state index contributed by atoms with van der Waals surface area (Å²) in [6.45, 7) is 7.96. The molecule has 0 aliphatic heterocycles. The molecule has 66 valence electrons. The number of carbonyl (C=O) groups is 1. The molecule has 0 spiro atoms. The number of hydrogen-bond acceptors (Lipinski definition) is 1. The third-order valence-corrected chi connectivity index (χ3v) is 2.19. The van der Waals surface area contributed by atoms with E-state index in [4.69, 9.17) is 0 Å². The molecule has 0 saturated heterocycles. The Morgan fingerprint density at radius 1 is 1.36 bits per heavy atom. The van der Waals surface area contributed by atoms with Crippen LogP contribution in [0.2, 0.25) is 0 Å². The predicted molar refractivity (Wildman–Crippen MR) is 47.4 cm³/mol. The molecular formula is C9H19NO. The van der Waals surface area contributed by atoms with Gasteiger partial charge in [-0.25, -0.2) is 0 Å². The second kappa shape index (κ2) is 5.16. The molecule has 1 atom stereocenters. The van der Waals surface area contributed by atoms with Crippen molar-refractivity contribution in [3.05, 3.63) is 0 Å². The van der Waals surface area contributed by atoms with Crippen molar-refractivity contribution in [1.29, 1.82) is 0 Å². The summed E-state index contributed by atoms with van der Waals surface area (Å²) >= 11 is 0. The summed E-state index contributed by atoms with van der Waals surface area (Å²) in [6.07, 6.45) is 2.27. The van der Waals surface area contributed by atoms with Crippen LogP contribution in [0.3, 0.4) is 0 Å². The first-order valence-electron chi connectivity index (χ1n) is 4.38. The fraction of sp³-hybridized carbons (Fsp3) is 0.889. The van der Waals surface area contributed by atoms with Crippen LogP contribution in [0.4, 0.5) is 0 Å². The first kappa shape index (κ1) is 10.5. The van der Waals surface area contributed by atoms with Gasteiger partial charge in [0.25, 0.3) is 0 Å². The molecule has 0 heterocycles. The zero-order valence-electron chi connectivity index (χ0n) is 7.98. The molecule has 0 rings (SSSR count). The van der Waals surface area contributed by atoms with Crippen LogP contribution in [0.1, 0.15) is 40.5 Å². The minimum Gasteiger partial charge on any atom is -0.354 e. The predicted octanol–water partition coefficient (Wildman–Crippen LogP) is 1.95. The highest BCUT2D eigenvalue weighted by molar-refractivity contribution is 5.73. The lowest BCUT2D eigenvalue weighted by Gasteiger charge is -2.21. The van der Waals surface area contributed by atoms with Gasteiger partial charge in [0.1, 0.15) is 0 Å². The quantitative estimate of drug-likeness (QED) is 0.664. The Labute approximate surface area is 69.4 Å². The number of hydrogen-bond donors (Lipinski definition) is 1. The van der Waals surface area contributed by atoms with E-state index in [1.165, 1.54) is 0 Å². The number of amides is 1. The number of rotatable bonds is 4. The Morgan fingerprint density at radius 3 is 2.09 bits per heavy atom. The minimum atomic E-state index is 0.0735. The van der Waals surface area contributed by atoms with Crippen molar-refractivity contribution in [2.45, 2.75) is 46.6 Å². The Bertz CT molecular complexity index is 119. The van der Waals surface area contributed by atoms with Crippen LogP contribution >= 0.6 is 0 Å². The molecule has 0 aliphatic rings. The third kappa shape index (κ3) is 4.02. The minimum absolute atomic E-state index is 0.0735. The van der Waals surface area contributed by atoms with E-state index >= 15 is 0 Å². The van der Waals surface area contributed by atoms with E-state index in [0.717, 1.165) is 12.8 Å². The molecule has 0 radical (unpaired) electrons. The maximum atomic E-state index is 10.7. The standard InChI is InChI=1S/C9H19NO/c1-5-9(6-2)7(3)10-8(4)11/h7,9H,5-6H2,1-4H3,(H,10,11). The molecule has 0 aromatic carbocycles. The molecule has 2 heteroatoms.